The Hall–Kier alpha value is -2.99. The fourth-order valence-corrected chi connectivity index (χ4v) is 3.31. The van der Waals surface area contributed by atoms with E-state index in [1.165, 1.54) is 13.0 Å². The lowest BCUT2D eigenvalue weighted by Crippen LogP contribution is -2.12. The van der Waals surface area contributed by atoms with E-state index in [1.54, 1.807) is 34.9 Å². The van der Waals surface area contributed by atoms with Gasteiger partial charge in [-0.1, -0.05) is 23.7 Å². The maximum Gasteiger partial charge on any atom is 0.304 e. The molecule has 1 unspecified atom stereocenters. The molecule has 1 aliphatic heterocycles. The molecule has 1 aliphatic rings. The predicted molar refractivity (Wildman–Crippen MR) is 99.9 cm³/mol. The third-order valence-corrected chi connectivity index (χ3v) is 4.44. The van der Waals surface area contributed by atoms with Gasteiger partial charge in [-0.25, -0.2) is 14.4 Å². The van der Waals surface area contributed by atoms with E-state index < -0.39 is 18.0 Å². The fourth-order valence-electron chi connectivity index (χ4n) is 3.14. The highest BCUT2D eigenvalue weighted by Crippen LogP contribution is 2.33. The van der Waals surface area contributed by atoms with E-state index in [2.05, 4.69) is 9.98 Å². The van der Waals surface area contributed by atoms with Crippen LogP contribution in [0.15, 0.2) is 53.7 Å². The SMILES string of the molecule is CC(=O)OC1N=C(c2ccccc2F)c2cc(Cl)ccc2-n2cc(C)nc21. The predicted octanol–water partition coefficient (Wildman–Crippen LogP) is 4.39. The van der Waals surface area contributed by atoms with Crippen molar-refractivity contribution in [3.05, 3.63) is 82.1 Å². The molecule has 0 saturated heterocycles. The fraction of sp³-hybridized carbons (Fsp3) is 0.150. The number of fused-ring (bicyclic) bond motifs is 3. The van der Waals surface area contributed by atoms with Crippen LogP contribution in [0.25, 0.3) is 5.69 Å². The molecule has 1 atom stereocenters. The van der Waals surface area contributed by atoms with E-state index >= 15 is 0 Å². The van der Waals surface area contributed by atoms with Gasteiger partial charge in [-0.2, -0.15) is 0 Å². The third-order valence-electron chi connectivity index (χ3n) is 4.20. The van der Waals surface area contributed by atoms with E-state index in [4.69, 9.17) is 16.3 Å². The van der Waals surface area contributed by atoms with Crippen LogP contribution in [0.5, 0.6) is 0 Å². The van der Waals surface area contributed by atoms with E-state index in [0.717, 1.165) is 11.4 Å². The molecule has 4 rings (SSSR count). The zero-order chi connectivity index (χ0) is 19.1. The van der Waals surface area contributed by atoms with Crippen LogP contribution < -0.4 is 0 Å². The van der Waals surface area contributed by atoms with E-state index in [9.17, 15) is 9.18 Å². The summed E-state index contributed by atoms with van der Waals surface area (Å²) in [6, 6.07) is 11.6. The summed E-state index contributed by atoms with van der Waals surface area (Å²) in [4.78, 5) is 20.7. The number of aromatic nitrogens is 2. The van der Waals surface area contributed by atoms with Crippen LogP contribution in [0.2, 0.25) is 5.02 Å². The lowest BCUT2D eigenvalue weighted by Gasteiger charge is -2.12. The van der Waals surface area contributed by atoms with Gasteiger partial charge in [-0.05, 0) is 37.3 Å². The summed E-state index contributed by atoms with van der Waals surface area (Å²) >= 11 is 6.22. The largest absolute Gasteiger partial charge is 0.432 e. The minimum Gasteiger partial charge on any atom is -0.432 e. The number of rotatable bonds is 2. The molecule has 0 radical (unpaired) electrons. The first kappa shape index (κ1) is 17.4. The van der Waals surface area contributed by atoms with Crippen molar-refractivity contribution in [1.82, 2.24) is 9.55 Å². The number of ether oxygens (including phenoxy) is 1. The minimum atomic E-state index is -1.00. The minimum absolute atomic E-state index is 0.292. The van der Waals surface area contributed by atoms with Crippen molar-refractivity contribution in [2.24, 2.45) is 4.99 Å². The van der Waals surface area contributed by atoms with Gasteiger partial charge in [0.05, 0.1) is 17.1 Å². The van der Waals surface area contributed by atoms with E-state index in [0.29, 0.717) is 27.7 Å². The zero-order valence-corrected chi connectivity index (χ0v) is 15.4. The van der Waals surface area contributed by atoms with Crippen molar-refractivity contribution < 1.29 is 13.9 Å². The summed E-state index contributed by atoms with van der Waals surface area (Å²) in [5, 5.41) is 0.488. The van der Waals surface area contributed by atoms with Crippen LogP contribution >= 0.6 is 11.6 Å². The second-order valence-corrected chi connectivity index (χ2v) is 6.63. The number of carbonyl (C=O) groups is 1. The first-order chi connectivity index (χ1) is 12.9. The molecule has 27 heavy (non-hydrogen) atoms. The quantitative estimate of drug-likeness (QED) is 0.617. The van der Waals surface area contributed by atoms with Crippen molar-refractivity contribution in [2.45, 2.75) is 20.1 Å². The number of benzene rings is 2. The van der Waals surface area contributed by atoms with Gasteiger partial charge < -0.3 is 4.74 Å². The normalized spacial score (nSPS) is 15.4. The van der Waals surface area contributed by atoms with Gasteiger partial charge in [0.2, 0.25) is 0 Å². The standard InChI is InChI=1S/C20H15ClFN3O2/c1-11-10-25-17-8-7-13(21)9-15(17)18(14-5-3-4-6-16(14)22)24-20(19(25)23-11)27-12(2)26/h3-10,20H,1-2H3. The van der Waals surface area contributed by atoms with Crippen molar-refractivity contribution in [2.75, 3.05) is 0 Å². The lowest BCUT2D eigenvalue weighted by molar-refractivity contribution is -0.146. The molecule has 2 aromatic carbocycles. The topological polar surface area (TPSA) is 56.5 Å². The second-order valence-electron chi connectivity index (χ2n) is 6.19. The molecular weight excluding hydrogens is 369 g/mol. The van der Waals surface area contributed by atoms with Gasteiger partial charge in [-0.3, -0.25) is 9.36 Å². The Morgan fingerprint density at radius 2 is 2.00 bits per heavy atom. The summed E-state index contributed by atoms with van der Waals surface area (Å²) in [6.07, 6.45) is 0.815. The Kier molecular flexibility index (Phi) is 4.28. The van der Waals surface area contributed by atoms with Gasteiger partial charge in [0, 0.05) is 29.3 Å². The van der Waals surface area contributed by atoms with Crippen LogP contribution in [0.4, 0.5) is 4.39 Å². The molecule has 1 aromatic heterocycles. The van der Waals surface area contributed by atoms with Crippen LogP contribution in [0, 0.1) is 12.7 Å². The Morgan fingerprint density at radius 3 is 2.74 bits per heavy atom. The number of nitrogens with zero attached hydrogens (tertiary/aromatic N) is 3. The Labute approximate surface area is 160 Å². The first-order valence-electron chi connectivity index (χ1n) is 8.30. The van der Waals surface area contributed by atoms with Gasteiger partial charge >= 0.3 is 5.97 Å². The molecule has 0 spiro atoms. The summed E-state index contributed by atoms with van der Waals surface area (Å²) in [5.74, 6) is -0.495. The van der Waals surface area contributed by atoms with Crippen LogP contribution in [-0.4, -0.2) is 21.2 Å². The molecule has 0 N–H and O–H groups in total. The lowest BCUT2D eigenvalue weighted by atomic mass is 10.00. The monoisotopic (exact) mass is 383 g/mol. The van der Waals surface area contributed by atoms with Crippen molar-refractivity contribution >= 4 is 23.3 Å². The van der Waals surface area contributed by atoms with Gasteiger partial charge in [0.15, 0.2) is 5.82 Å². The van der Waals surface area contributed by atoms with Crippen molar-refractivity contribution in [1.29, 1.82) is 0 Å². The highest BCUT2D eigenvalue weighted by molar-refractivity contribution is 6.31. The molecule has 0 amide bonds. The number of esters is 1. The molecule has 0 bridgehead atoms. The number of halogens is 2. The molecule has 5 nitrogen and oxygen atoms in total. The number of hydrogen-bond acceptors (Lipinski definition) is 4. The maximum atomic E-state index is 14.6. The van der Waals surface area contributed by atoms with E-state index in [-0.39, 0.29) is 0 Å². The molecule has 2 heterocycles. The van der Waals surface area contributed by atoms with Gasteiger partial charge in [0.25, 0.3) is 6.23 Å². The second kappa shape index (κ2) is 6.63. The zero-order valence-electron chi connectivity index (χ0n) is 14.6. The number of aliphatic imine (C=N–C) groups is 1. The molecule has 3 aromatic rings. The molecule has 0 aliphatic carbocycles. The van der Waals surface area contributed by atoms with Crippen molar-refractivity contribution in [3.8, 4) is 5.69 Å². The average molecular weight is 384 g/mol. The van der Waals surface area contributed by atoms with Crippen LogP contribution in [0.1, 0.15) is 35.8 Å². The number of aryl methyl sites for hydroxylation is 1. The van der Waals surface area contributed by atoms with Crippen molar-refractivity contribution in [3.63, 3.8) is 0 Å². The summed E-state index contributed by atoms with van der Waals surface area (Å²) in [5.41, 5.74) is 2.74. The smallest absolute Gasteiger partial charge is 0.304 e. The Balaban J connectivity index is 2.05. The Morgan fingerprint density at radius 1 is 1.22 bits per heavy atom. The number of carbonyl (C=O) groups excluding carboxylic acids is 1. The number of hydrogen-bond donors (Lipinski definition) is 0. The third kappa shape index (κ3) is 3.13. The molecule has 7 heteroatoms. The summed E-state index contributed by atoms with van der Waals surface area (Å²) < 4.78 is 21.8. The van der Waals surface area contributed by atoms with Crippen LogP contribution in [0.3, 0.4) is 0 Å². The highest BCUT2D eigenvalue weighted by Gasteiger charge is 2.29. The highest BCUT2D eigenvalue weighted by atomic mass is 35.5. The number of imidazole rings is 1. The Bertz CT molecular complexity index is 1090. The summed E-state index contributed by atoms with van der Waals surface area (Å²) in [6.45, 7) is 3.14. The first-order valence-corrected chi connectivity index (χ1v) is 8.68. The van der Waals surface area contributed by atoms with Gasteiger partial charge in [-0.15, -0.1) is 0 Å². The molecule has 136 valence electrons. The van der Waals surface area contributed by atoms with Crippen LogP contribution in [-0.2, 0) is 9.53 Å². The molecule has 0 fully saturated rings. The van der Waals surface area contributed by atoms with E-state index in [1.807, 2.05) is 19.2 Å². The molecule has 0 saturated carbocycles. The van der Waals surface area contributed by atoms with Gasteiger partial charge in [0.1, 0.15) is 5.82 Å². The molecular formula is C20H15ClFN3O2. The average Bonchev–Trinajstić information content (AvgIpc) is 2.96. The summed E-state index contributed by atoms with van der Waals surface area (Å²) in [7, 11) is 0. The maximum absolute atomic E-state index is 14.6.